The van der Waals surface area contributed by atoms with E-state index in [1.165, 1.54) is 12.2 Å². The maximum absolute atomic E-state index is 11.6. The van der Waals surface area contributed by atoms with E-state index in [-0.39, 0.29) is 32.3 Å². The van der Waals surface area contributed by atoms with Gasteiger partial charge in [0.1, 0.15) is 32.4 Å². The van der Waals surface area contributed by atoms with E-state index in [1.807, 2.05) is 13.8 Å². The fourth-order valence-corrected chi connectivity index (χ4v) is 2.72. The normalized spacial score (nSPS) is 12.5. The molecule has 36 heavy (non-hydrogen) atoms. The fourth-order valence-electron chi connectivity index (χ4n) is 2.72. The molecule has 0 rings (SSSR count). The van der Waals surface area contributed by atoms with Crippen LogP contribution in [0.4, 0.5) is 0 Å². The summed E-state index contributed by atoms with van der Waals surface area (Å²) in [4.78, 5) is 56.9. The van der Waals surface area contributed by atoms with Crippen LogP contribution in [0.2, 0.25) is 0 Å². The van der Waals surface area contributed by atoms with Crippen molar-refractivity contribution >= 4 is 29.5 Å². The first-order valence-electron chi connectivity index (χ1n) is 11.8. The van der Waals surface area contributed by atoms with Crippen LogP contribution in [-0.4, -0.2) is 93.2 Å². The maximum atomic E-state index is 11.6. The summed E-state index contributed by atoms with van der Waals surface area (Å²) in [5.41, 5.74) is 0. The number of rotatable bonds is 18. The molecule has 0 aliphatic carbocycles. The van der Waals surface area contributed by atoms with Gasteiger partial charge in [0.05, 0.1) is 6.04 Å². The van der Waals surface area contributed by atoms with E-state index in [0.717, 1.165) is 12.8 Å². The maximum Gasteiger partial charge on any atom is 0.325 e. The van der Waals surface area contributed by atoms with Gasteiger partial charge in [0, 0.05) is 6.04 Å². The largest absolute Gasteiger partial charge is 0.460 e. The molecule has 206 valence electrons. The molecule has 0 saturated carbocycles. The molecular formula is C24H42N4O8. The van der Waals surface area contributed by atoms with Crippen LogP contribution in [0.1, 0.15) is 39.5 Å². The standard InChI is InChI=1S/C12H22N2O4.C12H20N2O4/c2*1-4-6-9(13-3)11(16)12(17)14-8-10(15)18-7-5-2/h5,9,11,13,16H,2,4,6-8H2,1,3H3,(H,14,17);5,9,13H,2,4,6-8H2,1,3H3,(H,14,17). The van der Waals surface area contributed by atoms with Crippen molar-refractivity contribution in [3.63, 3.8) is 0 Å². The number of esters is 2. The monoisotopic (exact) mass is 514 g/mol. The van der Waals surface area contributed by atoms with Gasteiger partial charge in [0.2, 0.25) is 5.78 Å². The highest BCUT2D eigenvalue weighted by atomic mass is 16.5. The van der Waals surface area contributed by atoms with Crippen LogP contribution in [0.15, 0.2) is 25.3 Å². The molecule has 0 bridgehead atoms. The average Bonchev–Trinajstić information content (AvgIpc) is 2.88. The molecule has 0 fully saturated rings. The second-order valence-electron chi connectivity index (χ2n) is 7.47. The molecule has 0 saturated heterocycles. The molecular weight excluding hydrogens is 472 g/mol. The van der Waals surface area contributed by atoms with Gasteiger partial charge in [-0.1, -0.05) is 52.0 Å². The van der Waals surface area contributed by atoms with Crippen LogP contribution < -0.4 is 21.3 Å². The quantitative estimate of drug-likeness (QED) is 0.0900. The minimum Gasteiger partial charge on any atom is -0.460 e. The molecule has 0 aliphatic heterocycles. The zero-order chi connectivity index (χ0) is 27.9. The third-order valence-electron chi connectivity index (χ3n) is 4.61. The number of nitrogens with one attached hydrogen (secondary N) is 4. The minimum absolute atomic E-state index is 0.0810. The number of hydrogen-bond donors (Lipinski definition) is 5. The molecule has 12 nitrogen and oxygen atoms in total. The fraction of sp³-hybridized carbons (Fsp3) is 0.625. The third kappa shape index (κ3) is 16.5. The van der Waals surface area contributed by atoms with Gasteiger partial charge in [0.25, 0.3) is 11.8 Å². The zero-order valence-corrected chi connectivity index (χ0v) is 21.8. The van der Waals surface area contributed by atoms with Crippen molar-refractivity contribution < 1.29 is 38.6 Å². The SMILES string of the molecule is C=CCOC(=O)CNC(=O)C(=O)C(CCC)NC.C=CCOC(=O)CNC(=O)C(O)C(CCC)NC. The number of ether oxygens (including phenoxy) is 2. The molecule has 5 N–H and O–H groups in total. The number of ketones is 1. The van der Waals surface area contributed by atoms with E-state index in [2.05, 4.69) is 43.9 Å². The van der Waals surface area contributed by atoms with E-state index in [1.54, 1.807) is 14.1 Å². The smallest absolute Gasteiger partial charge is 0.325 e. The first-order valence-corrected chi connectivity index (χ1v) is 11.8. The topological polar surface area (TPSA) is 172 Å². The summed E-state index contributed by atoms with van der Waals surface area (Å²) in [6.45, 7) is 10.3. The number of aliphatic hydroxyl groups excluding tert-OH is 1. The van der Waals surface area contributed by atoms with Crippen LogP contribution in [0, 0.1) is 0 Å². The molecule has 0 spiro atoms. The van der Waals surface area contributed by atoms with Gasteiger partial charge in [-0.15, -0.1) is 0 Å². The second-order valence-corrected chi connectivity index (χ2v) is 7.47. The van der Waals surface area contributed by atoms with E-state index in [9.17, 15) is 29.1 Å². The number of Topliss-reactive ketones (excluding diaryl/α,β-unsaturated/α-hetero) is 1. The minimum atomic E-state index is -1.18. The van der Waals surface area contributed by atoms with Crippen molar-refractivity contribution in [1.29, 1.82) is 0 Å². The Morgan fingerprint density at radius 3 is 1.75 bits per heavy atom. The summed E-state index contributed by atoms with van der Waals surface area (Å²) < 4.78 is 9.34. The number of amides is 2. The summed E-state index contributed by atoms with van der Waals surface area (Å²) >= 11 is 0. The van der Waals surface area contributed by atoms with Crippen LogP contribution >= 0.6 is 0 Å². The summed E-state index contributed by atoms with van der Waals surface area (Å²) in [5, 5.41) is 19.9. The average molecular weight is 515 g/mol. The summed E-state index contributed by atoms with van der Waals surface area (Å²) in [7, 11) is 3.29. The van der Waals surface area contributed by atoms with E-state index in [0.29, 0.717) is 12.8 Å². The highest BCUT2D eigenvalue weighted by Crippen LogP contribution is 2.02. The molecule has 12 heteroatoms. The van der Waals surface area contributed by atoms with Gasteiger partial charge >= 0.3 is 11.9 Å². The van der Waals surface area contributed by atoms with Gasteiger partial charge in [0.15, 0.2) is 0 Å². The van der Waals surface area contributed by atoms with Crippen molar-refractivity contribution in [2.24, 2.45) is 0 Å². The van der Waals surface area contributed by atoms with Gasteiger partial charge < -0.3 is 35.8 Å². The molecule has 0 aromatic carbocycles. The van der Waals surface area contributed by atoms with E-state index in [4.69, 9.17) is 0 Å². The van der Waals surface area contributed by atoms with Gasteiger partial charge in [-0.25, -0.2) is 0 Å². The molecule has 0 heterocycles. The van der Waals surface area contributed by atoms with Crippen LogP contribution in [-0.2, 0) is 33.4 Å². The number of carbonyl (C=O) groups is 5. The van der Waals surface area contributed by atoms with Gasteiger partial charge in [-0.05, 0) is 26.9 Å². The van der Waals surface area contributed by atoms with E-state index >= 15 is 0 Å². The van der Waals surface area contributed by atoms with Crippen molar-refractivity contribution in [3.05, 3.63) is 25.3 Å². The summed E-state index contributed by atoms with van der Waals surface area (Å²) in [6, 6.07) is -0.835. The van der Waals surface area contributed by atoms with Crippen LogP contribution in [0.3, 0.4) is 0 Å². The first kappa shape index (κ1) is 35.1. The van der Waals surface area contributed by atoms with Crippen LogP contribution in [0.5, 0.6) is 0 Å². The molecule has 0 aromatic heterocycles. The molecule has 0 aromatic rings. The number of likely N-dealkylation sites (N-methyl/N-ethyl adjacent to an activating group) is 2. The Bertz CT molecular complexity index is 714. The number of aliphatic hydroxyl groups is 1. The number of carbonyl (C=O) groups excluding carboxylic acids is 5. The predicted molar refractivity (Wildman–Crippen MR) is 135 cm³/mol. The van der Waals surface area contributed by atoms with Crippen molar-refractivity contribution in [3.8, 4) is 0 Å². The van der Waals surface area contributed by atoms with Gasteiger partial charge in [-0.3, -0.25) is 24.0 Å². The van der Waals surface area contributed by atoms with Crippen molar-refractivity contribution in [2.75, 3.05) is 40.4 Å². The lowest BCUT2D eigenvalue weighted by atomic mass is 10.1. The van der Waals surface area contributed by atoms with Gasteiger partial charge in [-0.2, -0.15) is 0 Å². The lowest BCUT2D eigenvalue weighted by molar-refractivity contribution is -0.144. The first-order chi connectivity index (χ1) is 17.1. The highest BCUT2D eigenvalue weighted by Gasteiger charge is 2.25. The number of hydrogen-bond acceptors (Lipinski definition) is 10. The molecule has 3 unspecified atom stereocenters. The Morgan fingerprint density at radius 1 is 0.833 bits per heavy atom. The Labute approximate surface area is 213 Å². The third-order valence-corrected chi connectivity index (χ3v) is 4.61. The predicted octanol–water partition coefficient (Wildman–Crippen LogP) is -0.630. The summed E-state index contributed by atoms with van der Waals surface area (Å²) in [5.74, 6) is -3.10. The zero-order valence-electron chi connectivity index (χ0n) is 21.8. The molecule has 2 amide bonds. The summed E-state index contributed by atoms with van der Waals surface area (Å²) in [6.07, 6.45) is 4.55. The Kier molecular flexibility index (Phi) is 21.8. The van der Waals surface area contributed by atoms with Crippen LogP contribution in [0.25, 0.3) is 0 Å². The Morgan fingerprint density at radius 2 is 1.33 bits per heavy atom. The molecule has 3 atom stereocenters. The highest BCUT2D eigenvalue weighted by molar-refractivity contribution is 6.38. The lowest BCUT2D eigenvalue weighted by Gasteiger charge is -2.21. The Balaban J connectivity index is 0. The Hall–Kier alpha value is -3.09. The molecule has 0 radical (unpaired) electrons. The van der Waals surface area contributed by atoms with E-state index < -0.39 is 41.7 Å². The van der Waals surface area contributed by atoms with Crippen molar-refractivity contribution in [2.45, 2.75) is 57.7 Å². The second kappa shape index (κ2) is 22.4. The van der Waals surface area contributed by atoms with Crippen molar-refractivity contribution in [1.82, 2.24) is 21.3 Å². The lowest BCUT2D eigenvalue weighted by Crippen LogP contribution is -2.48. The molecule has 0 aliphatic rings.